The normalized spacial score (nSPS) is 26.6. The summed E-state index contributed by atoms with van der Waals surface area (Å²) in [4.78, 5) is 22.8. The standard InChI is InChI=1S/C15H22N2O5/c1-8(2)22-14-12-9(6-17-15(16)19)4-5-10(12)11(7-21-14)13(18)20-3/h4,7-8,10,12,14H,5-6H2,1-3H3,(H3,16,17,19). The molecule has 1 aliphatic heterocycles. The topological polar surface area (TPSA) is 99.9 Å². The third kappa shape index (κ3) is 3.41. The van der Waals surface area contributed by atoms with Gasteiger partial charge in [-0.1, -0.05) is 6.08 Å². The Labute approximate surface area is 129 Å². The fraction of sp³-hybridized carbons (Fsp3) is 0.600. The molecule has 0 spiro atoms. The lowest BCUT2D eigenvalue weighted by molar-refractivity contribution is -0.171. The van der Waals surface area contributed by atoms with Crippen LogP contribution in [0.1, 0.15) is 20.3 Å². The number of urea groups is 1. The molecule has 0 aromatic heterocycles. The molecule has 0 radical (unpaired) electrons. The summed E-state index contributed by atoms with van der Waals surface area (Å²) in [5.74, 6) is -0.626. The van der Waals surface area contributed by atoms with Crippen LogP contribution in [0.3, 0.4) is 0 Å². The number of ether oxygens (including phenoxy) is 3. The van der Waals surface area contributed by atoms with E-state index < -0.39 is 18.3 Å². The minimum absolute atomic E-state index is 0.0234. The van der Waals surface area contributed by atoms with Crippen molar-refractivity contribution in [2.75, 3.05) is 13.7 Å². The molecule has 2 aliphatic rings. The molecule has 3 unspecified atom stereocenters. The molecule has 0 bridgehead atoms. The summed E-state index contributed by atoms with van der Waals surface area (Å²) < 4.78 is 16.2. The average molecular weight is 310 g/mol. The maximum atomic E-state index is 11.9. The number of nitrogens with one attached hydrogen (secondary N) is 1. The van der Waals surface area contributed by atoms with Gasteiger partial charge in [0.1, 0.15) is 0 Å². The summed E-state index contributed by atoms with van der Waals surface area (Å²) in [6.45, 7) is 4.14. The lowest BCUT2D eigenvalue weighted by Crippen LogP contribution is -2.41. The van der Waals surface area contributed by atoms with E-state index in [9.17, 15) is 9.59 Å². The van der Waals surface area contributed by atoms with E-state index in [1.54, 1.807) is 0 Å². The number of carbonyl (C=O) groups is 2. The van der Waals surface area contributed by atoms with Crippen molar-refractivity contribution < 1.29 is 23.8 Å². The number of esters is 1. The van der Waals surface area contributed by atoms with Crippen LogP contribution in [0.15, 0.2) is 23.5 Å². The smallest absolute Gasteiger partial charge is 0.337 e. The highest BCUT2D eigenvalue weighted by atomic mass is 16.7. The quantitative estimate of drug-likeness (QED) is 0.584. The van der Waals surface area contributed by atoms with Crippen LogP contribution in [0.5, 0.6) is 0 Å². The molecule has 1 heterocycles. The minimum atomic E-state index is -0.592. The summed E-state index contributed by atoms with van der Waals surface area (Å²) in [7, 11) is 1.34. The zero-order valence-corrected chi connectivity index (χ0v) is 13.0. The van der Waals surface area contributed by atoms with Gasteiger partial charge in [0.25, 0.3) is 0 Å². The minimum Gasteiger partial charge on any atom is -0.471 e. The molecule has 0 aromatic carbocycles. The maximum Gasteiger partial charge on any atom is 0.337 e. The van der Waals surface area contributed by atoms with Gasteiger partial charge in [-0.15, -0.1) is 0 Å². The Kier molecular flexibility index (Phi) is 5.07. The van der Waals surface area contributed by atoms with Crippen molar-refractivity contribution in [2.24, 2.45) is 17.6 Å². The van der Waals surface area contributed by atoms with Crippen molar-refractivity contribution >= 4 is 12.0 Å². The number of fused-ring (bicyclic) bond motifs is 1. The molecule has 1 aliphatic carbocycles. The highest BCUT2D eigenvalue weighted by molar-refractivity contribution is 5.89. The average Bonchev–Trinajstić information content (AvgIpc) is 2.88. The first-order valence-electron chi connectivity index (χ1n) is 7.25. The van der Waals surface area contributed by atoms with Gasteiger partial charge in [0.15, 0.2) is 0 Å². The third-order valence-corrected chi connectivity index (χ3v) is 3.81. The number of primary amides is 1. The van der Waals surface area contributed by atoms with Crippen LogP contribution in [-0.2, 0) is 19.0 Å². The summed E-state index contributed by atoms with van der Waals surface area (Å²) in [6.07, 6.45) is 3.57. The van der Waals surface area contributed by atoms with Crippen molar-refractivity contribution in [3.05, 3.63) is 23.5 Å². The van der Waals surface area contributed by atoms with E-state index in [1.807, 2.05) is 19.9 Å². The number of allylic oxidation sites excluding steroid dienone is 1. The fourth-order valence-corrected chi connectivity index (χ4v) is 2.90. The van der Waals surface area contributed by atoms with Crippen molar-refractivity contribution in [3.63, 3.8) is 0 Å². The Hall–Kier alpha value is -2.02. The number of nitrogens with two attached hydrogens (primary N) is 1. The van der Waals surface area contributed by atoms with E-state index in [0.29, 0.717) is 18.5 Å². The third-order valence-electron chi connectivity index (χ3n) is 3.81. The molecule has 0 saturated heterocycles. The maximum absolute atomic E-state index is 11.9. The van der Waals surface area contributed by atoms with E-state index >= 15 is 0 Å². The number of hydrogen-bond acceptors (Lipinski definition) is 5. The molecule has 0 saturated carbocycles. The molecule has 0 aromatic rings. The van der Waals surface area contributed by atoms with Crippen LogP contribution in [0.4, 0.5) is 4.79 Å². The zero-order chi connectivity index (χ0) is 16.3. The second kappa shape index (κ2) is 6.83. The van der Waals surface area contributed by atoms with Crippen LogP contribution in [0.2, 0.25) is 0 Å². The Morgan fingerprint density at radius 2 is 2.23 bits per heavy atom. The lowest BCUT2D eigenvalue weighted by Gasteiger charge is -2.35. The number of rotatable bonds is 5. The van der Waals surface area contributed by atoms with E-state index in [-0.39, 0.29) is 17.9 Å². The molecule has 7 nitrogen and oxygen atoms in total. The van der Waals surface area contributed by atoms with E-state index in [1.165, 1.54) is 13.4 Å². The molecule has 7 heteroatoms. The largest absolute Gasteiger partial charge is 0.471 e. The van der Waals surface area contributed by atoms with Gasteiger partial charge in [0.05, 0.1) is 31.0 Å². The van der Waals surface area contributed by atoms with Gasteiger partial charge in [0.2, 0.25) is 6.29 Å². The Bertz CT molecular complexity index is 512. The second-order valence-corrected chi connectivity index (χ2v) is 5.62. The van der Waals surface area contributed by atoms with Crippen molar-refractivity contribution in [1.29, 1.82) is 0 Å². The van der Waals surface area contributed by atoms with Crippen LogP contribution in [0, 0.1) is 11.8 Å². The summed E-state index contributed by atoms with van der Waals surface area (Å²) in [6, 6.07) is -0.592. The molecule has 22 heavy (non-hydrogen) atoms. The zero-order valence-electron chi connectivity index (χ0n) is 13.0. The second-order valence-electron chi connectivity index (χ2n) is 5.62. The van der Waals surface area contributed by atoms with Gasteiger partial charge in [-0.25, -0.2) is 9.59 Å². The molecular weight excluding hydrogens is 288 g/mol. The predicted molar refractivity (Wildman–Crippen MR) is 78.5 cm³/mol. The predicted octanol–water partition coefficient (Wildman–Crippen LogP) is 1.06. The van der Waals surface area contributed by atoms with Gasteiger partial charge < -0.3 is 25.3 Å². The van der Waals surface area contributed by atoms with Gasteiger partial charge in [-0.3, -0.25) is 0 Å². The number of methoxy groups -OCH3 is 1. The monoisotopic (exact) mass is 310 g/mol. The molecule has 3 N–H and O–H groups in total. The van der Waals surface area contributed by atoms with Crippen molar-refractivity contribution in [1.82, 2.24) is 5.32 Å². The number of carbonyl (C=O) groups excluding carboxylic acids is 2. The van der Waals surface area contributed by atoms with Gasteiger partial charge in [-0.05, 0) is 25.8 Å². The molecular formula is C15H22N2O5. The highest BCUT2D eigenvalue weighted by Crippen LogP contribution is 2.43. The van der Waals surface area contributed by atoms with Gasteiger partial charge in [-0.2, -0.15) is 0 Å². The molecule has 3 atom stereocenters. The van der Waals surface area contributed by atoms with E-state index in [2.05, 4.69) is 5.32 Å². The summed E-state index contributed by atoms with van der Waals surface area (Å²) in [5, 5.41) is 2.58. The van der Waals surface area contributed by atoms with Crippen molar-refractivity contribution in [3.8, 4) is 0 Å². The first-order chi connectivity index (χ1) is 10.4. The number of hydrogen-bond donors (Lipinski definition) is 2. The first kappa shape index (κ1) is 16.4. The molecule has 122 valence electrons. The van der Waals surface area contributed by atoms with E-state index in [0.717, 1.165) is 5.57 Å². The summed E-state index contributed by atoms with van der Waals surface area (Å²) in [5.41, 5.74) is 6.56. The Morgan fingerprint density at radius 1 is 1.50 bits per heavy atom. The highest BCUT2D eigenvalue weighted by Gasteiger charge is 2.44. The summed E-state index contributed by atoms with van der Waals surface area (Å²) >= 11 is 0. The van der Waals surface area contributed by atoms with E-state index in [4.69, 9.17) is 19.9 Å². The van der Waals surface area contributed by atoms with Crippen LogP contribution < -0.4 is 11.1 Å². The molecule has 2 rings (SSSR count). The van der Waals surface area contributed by atoms with Crippen LogP contribution in [-0.4, -0.2) is 38.0 Å². The fourth-order valence-electron chi connectivity index (χ4n) is 2.90. The lowest BCUT2D eigenvalue weighted by atomic mass is 9.83. The molecule has 2 amide bonds. The first-order valence-corrected chi connectivity index (χ1v) is 7.25. The molecule has 0 fully saturated rings. The number of amides is 2. The van der Waals surface area contributed by atoms with Gasteiger partial charge >= 0.3 is 12.0 Å². The van der Waals surface area contributed by atoms with Crippen LogP contribution in [0.25, 0.3) is 0 Å². The Balaban J connectivity index is 2.21. The van der Waals surface area contributed by atoms with Crippen LogP contribution >= 0.6 is 0 Å². The van der Waals surface area contributed by atoms with Crippen molar-refractivity contribution in [2.45, 2.75) is 32.7 Å². The van der Waals surface area contributed by atoms with Gasteiger partial charge in [0, 0.05) is 12.5 Å². The Morgan fingerprint density at radius 3 is 2.82 bits per heavy atom. The SMILES string of the molecule is COC(=O)C1=COC(OC(C)C)C2C(CNC(N)=O)=CCC12.